The van der Waals surface area contributed by atoms with E-state index in [9.17, 15) is 9.90 Å². The molecule has 0 aliphatic rings. The molecule has 106 valence electrons. The van der Waals surface area contributed by atoms with Gasteiger partial charge < -0.3 is 9.52 Å². The Kier molecular flexibility index (Phi) is 2.73. The summed E-state index contributed by atoms with van der Waals surface area (Å²) in [6, 6.07) is 19.7. The Morgan fingerprint density at radius 2 is 1.59 bits per heavy atom. The summed E-state index contributed by atoms with van der Waals surface area (Å²) in [7, 11) is 0. The fourth-order valence-electron chi connectivity index (χ4n) is 2.84. The van der Waals surface area contributed by atoms with Crippen molar-refractivity contribution in [2.75, 3.05) is 0 Å². The third-order valence-electron chi connectivity index (χ3n) is 3.90. The van der Waals surface area contributed by atoms with Crippen LogP contribution >= 0.6 is 0 Å². The van der Waals surface area contributed by atoms with Crippen LogP contribution in [-0.4, -0.2) is 11.1 Å². The van der Waals surface area contributed by atoms with Gasteiger partial charge in [-0.1, -0.05) is 48.5 Å². The van der Waals surface area contributed by atoms with Gasteiger partial charge >= 0.3 is 5.97 Å². The van der Waals surface area contributed by atoms with Crippen molar-refractivity contribution in [1.29, 1.82) is 0 Å². The van der Waals surface area contributed by atoms with Gasteiger partial charge in [0, 0.05) is 5.56 Å². The highest BCUT2D eigenvalue weighted by Crippen LogP contribution is 2.31. The lowest BCUT2D eigenvalue weighted by molar-refractivity contribution is 0.0697. The largest absolute Gasteiger partial charge is 0.478 e. The Morgan fingerprint density at radius 3 is 2.41 bits per heavy atom. The zero-order valence-electron chi connectivity index (χ0n) is 11.6. The molecule has 3 aromatic carbocycles. The summed E-state index contributed by atoms with van der Waals surface area (Å²) in [6.45, 7) is 0. The number of rotatable bonds is 2. The normalized spacial score (nSPS) is 11.1. The van der Waals surface area contributed by atoms with Gasteiger partial charge in [0.05, 0.1) is 6.26 Å². The second kappa shape index (κ2) is 4.74. The Labute approximate surface area is 126 Å². The minimum Gasteiger partial charge on any atom is -0.478 e. The molecule has 0 radical (unpaired) electrons. The summed E-state index contributed by atoms with van der Waals surface area (Å²) in [5.74, 6) is -0.593. The van der Waals surface area contributed by atoms with Gasteiger partial charge in [0.25, 0.3) is 0 Å². The number of fused-ring (bicyclic) bond motifs is 3. The smallest absolute Gasteiger partial charge is 0.339 e. The maximum Gasteiger partial charge on any atom is 0.339 e. The molecule has 0 aliphatic carbocycles. The number of hydrogen-bond donors (Lipinski definition) is 1. The number of furan rings is 1. The van der Waals surface area contributed by atoms with Gasteiger partial charge in [-0.15, -0.1) is 0 Å². The highest BCUT2D eigenvalue weighted by Gasteiger charge is 2.15. The lowest BCUT2D eigenvalue weighted by atomic mass is 9.98. The van der Waals surface area contributed by atoms with Crippen molar-refractivity contribution in [3.05, 3.63) is 72.5 Å². The molecule has 0 saturated heterocycles. The molecule has 1 heterocycles. The number of carboxylic acid groups (broad SMARTS) is 1. The fraction of sp³-hybridized carbons (Fsp3) is 0. The van der Waals surface area contributed by atoms with Crippen LogP contribution in [0.1, 0.15) is 10.4 Å². The molecule has 1 aromatic heterocycles. The van der Waals surface area contributed by atoms with Crippen LogP contribution in [0.4, 0.5) is 0 Å². The third kappa shape index (κ3) is 1.87. The lowest BCUT2D eigenvalue weighted by Crippen LogP contribution is -1.95. The molecule has 0 saturated carbocycles. The summed E-state index contributed by atoms with van der Waals surface area (Å²) in [4.78, 5) is 11.3. The molecule has 22 heavy (non-hydrogen) atoms. The third-order valence-corrected chi connectivity index (χ3v) is 3.90. The second-order valence-electron chi connectivity index (χ2n) is 5.19. The fourth-order valence-corrected chi connectivity index (χ4v) is 2.84. The molecule has 0 unspecified atom stereocenters. The van der Waals surface area contributed by atoms with E-state index in [1.54, 1.807) is 0 Å². The molecule has 4 rings (SSSR count). The van der Waals surface area contributed by atoms with Gasteiger partial charge in [-0.2, -0.15) is 0 Å². The molecule has 1 N–H and O–H groups in total. The summed E-state index contributed by atoms with van der Waals surface area (Å²) >= 11 is 0. The first kappa shape index (κ1) is 12.7. The van der Waals surface area contributed by atoms with Crippen molar-refractivity contribution in [2.24, 2.45) is 0 Å². The molecule has 0 fully saturated rings. The van der Waals surface area contributed by atoms with Gasteiger partial charge in [-0.3, -0.25) is 0 Å². The van der Waals surface area contributed by atoms with Gasteiger partial charge in [0.15, 0.2) is 0 Å². The van der Waals surface area contributed by atoms with E-state index >= 15 is 0 Å². The number of hydrogen-bond acceptors (Lipinski definition) is 2. The predicted molar refractivity (Wildman–Crippen MR) is 86.1 cm³/mol. The second-order valence-corrected chi connectivity index (χ2v) is 5.19. The summed E-state index contributed by atoms with van der Waals surface area (Å²) in [6.07, 6.45) is 1.41. The monoisotopic (exact) mass is 288 g/mol. The van der Waals surface area contributed by atoms with E-state index in [0.717, 1.165) is 27.1 Å². The SMILES string of the molecule is O=C(O)c1ccoc1-c1ccc2ccc3ccccc3c2c1. The highest BCUT2D eigenvalue weighted by atomic mass is 16.4. The van der Waals surface area contributed by atoms with Crippen LogP contribution < -0.4 is 0 Å². The molecule has 0 spiro atoms. The quantitative estimate of drug-likeness (QED) is 0.531. The van der Waals surface area contributed by atoms with Crippen LogP contribution in [0.3, 0.4) is 0 Å². The van der Waals surface area contributed by atoms with E-state index in [2.05, 4.69) is 24.3 Å². The zero-order chi connectivity index (χ0) is 15.1. The number of aromatic carboxylic acids is 1. The maximum absolute atomic E-state index is 11.3. The van der Waals surface area contributed by atoms with Crippen molar-refractivity contribution >= 4 is 27.5 Å². The topological polar surface area (TPSA) is 50.4 Å². The average molecular weight is 288 g/mol. The number of benzene rings is 3. The Hall–Kier alpha value is -3.07. The van der Waals surface area contributed by atoms with Crippen LogP contribution in [0.5, 0.6) is 0 Å². The van der Waals surface area contributed by atoms with Gasteiger partial charge in [-0.05, 0) is 33.7 Å². The van der Waals surface area contributed by atoms with E-state index in [1.807, 2.05) is 30.3 Å². The van der Waals surface area contributed by atoms with Crippen molar-refractivity contribution in [3.8, 4) is 11.3 Å². The number of carbonyl (C=O) groups is 1. The molecular formula is C19H12O3. The minimum absolute atomic E-state index is 0.180. The molecular weight excluding hydrogens is 276 g/mol. The molecule has 0 aliphatic heterocycles. The summed E-state index contributed by atoms with van der Waals surface area (Å²) in [5, 5.41) is 13.7. The molecule has 0 amide bonds. The van der Waals surface area contributed by atoms with Crippen molar-refractivity contribution < 1.29 is 14.3 Å². The van der Waals surface area contributed by atoms with E-state index in [-0.39, 0.29) is 5.56 Å². The summed E-state index contributed by atoms with van der Waals surface area (Å²) < 4.78 is 5.39. The first-order valence-corrected chi connectivity index (χ1v) is 6.97. The zero-order valence-corrected chi connectivity index (χ0v) is 11.6. The first-order valence-electron chi connectivity index (χ1n) is 6.97. The van der Waals surface area contributed by atoms with Crippen molar-refractivity contribution in [1.82, 2.24) is 0 Å². The van der Waals surface area contributed by atoms with E-state index in [4.69, 9.17) is 4.42 Å². The predicted octanol–water partition coefficient (Wildman–Crippen LogP) is 4.95. The highest BCUT2D eigenvalue weighted by molar-refractivity contribution is 6.09. The molecule has 3 heteroatoms. The summed E-state index contributed by atoms with van der Waals surface area (Å²) in [5.41, 5.74) is 0.950. The van der Waals surface area contributed by atoms with Gasteiger partial charge in [0.1, 0.15) is 11.3 Å². The van der Waals surface area contributed by atoms with Crippen molar-refractivity contribution in [2.45, 2.75) is 0 Å². The maximum atomic E-state index is 11.3. The van der Waals surface area contributed by atoms with E-state index in [1.165, 1.54) is 12.3 Å². The van der Waals surface area contributed by atoms with Crippen LogP contribution in [-0.2, 0) is 0 Å². The Bertz CT molecular complexity index is 1010. The van der Waals surface area contributed by atoms with Gasteiger partial charge in [0.2, 0.25) is 0 Å². The molecule has 3 nitrogen and oxygen atoms in total. The standard InChI is InChI=1S/C19H12O3/c20-19(21)16-9-10-22-18(16)14-8-7-13-6-5-12-3-1-2-4-15(12)17(13)11-14/h1-11H,(H,20,21). The van der Waals surface area contributed by atoms with E-state index in [0.29, 0.717) is 5.76 Å². The lowest BCUT2D eigenvalue weighted by Gasteiger charge is -2.06. The van der Waals surface area contributed by atoms with Crippen LogP contribution in [0, 0.1) is 0 Å². The molecule has 0 atom stereocenters. The Balaban J connectivity index is 2.02. The molecule has 0 bridgehead atoms. The van der Waals surface area contributed by atoms with E-state index < -0.39 is 5.97 Å². The number of carboxylic acids is 1. The molecule has 4 aromatic rings. The van der Waals surface area contributed by atoms with Crippen molar-refractivity contribution in [3.63, 3.8) is 0 Å². The Morgan fingerprint density at radius 1 is 0.864 bits per heavy atom. The minimum atomic E-state index is -0.984. The van der Waals surface area contributed by atoms with Gasteiger partial charge in [-0.25, -0.2) is 4.79 Å². The van der Waals surface area contributed by atoms with Crippen LogP contribution in [0.2, 0.25) is 0 Å². The average Bonchev–Trinajstić information content (AvgIpc) is 3.04. The first-order chi connectivity index (χ1) is 10.7. The van der Waals surface area contributed by atoms with Crippen LogP contribution in [0.15, 0.2) is 71.3 Å². The van der Waals surface area contributed by atoms with Crippen LogP contribution in [0.25, 0.3) is 32.9 Å².